The van der Waals surface area contributed by atoms with Gasteiger partial charge in [-0.25, -0.2) is 0 Å². The Kier molecular flexibility index (Phi) is 4.75. The van der Waals surface area contributed by atoms with Gasteiger partial charge in [0, 0.05) is 5.69 Å². The fourth-order valence-electron chi connectivity index (χ4n) is 1.73. The van der Waals surface area contributed by atoms with Crippen LogP contribution in [0.5, 0.6) is 0 Å². The lowest BCUT2D eigenvalue weighted by Crippen LogP contribution is -2.20. The predicted molar refractivity (Wildman–Crippen MR) is 61.2 cm³/mol. The third-order valence-electron chi connectivity index (χ3n) is 2.56. The molecule has 0 aliphatic carbocycles. The maximum atomic E-state index is 12.8. The summed E-state index contributed by atoms with van der Waals surface area (Å²) in [5, 5.41) is 0. The third kappa shape index (κ3) is 4.02. The minimum absolute atomic E-state index is 0.00843. The van der Waals surface area contributed by atoms with E-state index in [0.717, 1.165) is 6.07 Å². The Labute approximate surface area is 115 Å². The molecule has 1 aromatic carbocycles. The van der Waals surface area contributed by atoms with Crippen molar-refractivity contribution >= 4 is 11.7 Å². The lowest BCUT2D eigenvalue weighted by Gasteiger charge is -2.19. The number of ether oxygens (including phenoxy) is 1. The summed E-state index contributed by atoms with van der Waals surface area (Å²) in [7, 11) is 0. The van der Waals surface area contributed by atoms with Crippen molar-refractivity contribution in [3.05, 3.63) is 28.8 Å². The van der Waals surface area contributed by atoms with Crippen LogP contribution < -0.4 is 5.73 Å². The lowest BCUT2D eigenvalue weighted by atomic mass is 9.98. The molecule has 1 rings (SSSR count). The molecule has 0 bridgehead atoms. The van der Waals surface area contributed by atoms with Gasteiger partial charge in [0.2, 0.25) is 0 Å². The van der Waals surface area contributed by atoms with Gasteiger partial charge in [-0.1, -0.05) is 6.07 Å². The molecule has 3 nitrogen and oxygen atoms in total. The Morgan fingerprint density at radius 3 is 2.14 bits per heavy atom. The number of nitrogens with two attached hydrogens (primary N) is 1. The molecule has 0 saturated heterocycles. The van der Waals surface area contributed by atoms with Crippen molar-refractivity contribution in [1.29, 1.82) is 0 Å². The summed E-state index contributed by atoms with van der Waals surface area (Å²) >= 11 is 0. The first-order chi connectivity index (χ1) is 9.48. The fraction of sp³-hybridized carbons (Fsp3) is 0.417. The van der Waals surface area contributed by atoms with Crippen molar-refractivity contribution in [2.45, 2.75) is 25.7 Å². The van der Waals surface area contributed by atoms with Crippen LogP contribution in [-0.4, -0.2) is 12.6 Å². The topological polar surface area (TPSA) is 52.3 Å². The molecule has 21 heavy (non-hydrogen) atoms. The van der Waals surface area contributed by atoms with E-state index in [0.29, 0.717) is 0 Å². The molecule has 0 heterocycles. The highest BCUT2D eigenvalue weighted by atomic mass is 19.4. The lowest BCUT2D eigenvalue weighted by molar-refractivity contribution is -0.161. The highest BCUT2D eigenvalue weighted by Crippen LogP contribution is 2.44. The highest BCUT2D eigenvalue weighted by molar-refractivity contribution is 5.76. The first kappa shape index (κ1) is 17.1. The van der Waals surface area contributed by atoms with Crippen LogP contribution >= 0.6 is 0 Å². The van der Waals surface area contributed by atoms with Crippen LogP contribution in [0.3, 0.4) is 0 Å². The smallest absolute Gasteiger partial charge is 0.418 e. The van der Waals surface area contributed by atoms with Crippen LogP contribution in [0.15, 0.2) is 12.1 Å². The zero-order valence-corrected chi connectivity index (χ0v) is 10.7. The molecule has 118 valence electrons. The van der Waals surface area contributed by atoms with Crippen molar-refractivity contribution < 1.29 is 35.9 Å². The molecule has 0 spiro atoms. The minimum atomic E-state index is -5.29. The van der Waals surface area contributed by atoms with E-state index in [1.165, 1.54) is 6.92 Å². The zero-order valence-electron chi connectivity index (χ0n) is 10.7. The molecule has 0 fully saturated rings. The summed E-state index contributed by atoms with van der Waals surface area (Å²) in [5.41, 5.74) is -0.181. The van der Waals surface area contributed by atoms with Gasteiger partial charge in [0.25, 0.3) is 0 Å². The van der Waals surface area contributed by atoms with Gasteiger partial charge in [-0.05, 0) is 18.6 Å². The first-order valence-electron chi connectivity index (χ1n) is 5.69. The quantitative estimate of drug-likeness (QED) is 0.528. The van der Waals surface area contributed by atoms with Crippen molar-refractivity contribution in [3.63, 3.8) is 0 Å². The number of nitrogen functional groups attached to an aromatic ring is 1. The Morgan fingerprint density at radius 2 is 1.71 bits per heavy atom. The van der Waals surface area contributed by atoms with Crippen molar-refractivity contribution in [2.75, 3.05) is 12.3 Å². The largest absolute Gasteiger partial charge is 0.466 e. The average Bonchev–Trinajstić information content (AvgIpc) is 2.28. The summed E-state index contributed by atoms with van der Waals surface area (Å²) in [6.07, 6.45) is -11.1. The first-order valence-corrected chi connectivity index (χ1v) is 5.69. The molecule has 9 heteroatoms. The molecular formula is C12H11F6NO2. The van der Waals surface area contributed by atoms with E-state index in [1.807, 2.05) is 0 Å². The van der Waals surface area contributed by atoms with Gasteiger partial charge in [0.05, 0.1) is 24.2 Å². The van der Waals surface area contributed by atoms with Gasteiger partial charge in [0.15, 0.2) is 0 Å². The van der Waals surface area contributed by atoms with E-state index in [4.69, 9.17) is 5.73 Å². The summed E-state index contributed by atoms with van der Waals surface area (Å²) in [5.74, 6) is -0.878. The van der Waals surface area contributed by atoms with Crippen molar-refractivity contribution in [2.24, 2.45) is 0 Å². The maximum absolute atomic E-state index is 12.8. The molecule has 0 amide bonds. The van der Waals surface area contributed by atoms with Crippen LogP contribution in [0.2, 0.25) is 0 Å². The molecule has 0 unspecified atom stereocenters. The molecule has 1 aromatic rings. The Bertz CT molecular complexity index is 536. The van der Waals surface area contributed by atoms with Gasteiger partial charge in [-0.3, -0.25) is 4.79 Å². The van der Waals surface area contributed by atoms with Gasteiger partial charge in [-0.15, -0.1) is 0 Å². The second-order valence-corrected chi connectivity index (χ2v) is 4.04. The van der Waals surface area contributed by atoms with E-state index in [2.05, 4.69) is 4.74 Å². The SMILES string of the molecule is CCOC(=O)Cc1ccc(C(F)(F)F)c(C(F)(F)F)c1N. The number of alkyl halides is 6. The third-order valence-corrected chi connectivity index (χ3v) is 2.56. The van der Waals surface area contributed by atoms with Crippen molar-refractivity contribution in [1.82, 2.24) is 0 Å². The van der Waals surface area contributed by atoms with Crippen LogP contribution in [-0.2, 0) is 28.3 Å². The van der Waals surface area contributed by atoms with E-state index in [-0.39, 0.29) is 18.2 Å². The van der Waals surface area contributed by atoms with Gasteiger partial charge in [-0.2, -0.15) is 26.3 Å². The number of halogens is 6. The highest BCUT2D eigenvalue weighted by Gasteiger charge is 2.45. The monoisotopic (exact) mass is 315 g/mol. The zero-order chi connectivity index (χ0) is 16.4. The van der Waals surface area contributed by atoms with E-state index >= 15 is 0 Å². The minimum Gasteiger partial charge on any atom is -0.466 e. The van der Waals surface area contributed by atoms with Gasteiger partial charge >= 0.3 is 18.3 Å². The van der Waals surface area contributed by atoms with E-state index in [1.54, 1.807) is 0 Å². The number of hydrogen-bond acceptors (Lipinski definition) is 3. The molecule has 0 aliphatic heterocycles. The van der Waals surface area contributed by atoms with Gasteiger partial charge < -0.3 is 10.5 Å². The molecule has 0 atom stereocenters. The fourth-order valence-corrected chi connectivity index (χ4v) is 1.73. The van der Waals surface area contributed by atoms with Crippen LogP contribution in [0.4, 0.5) is 32.0 Å². The molecule has 0 radical (unpaired) electrons. The normalized spacial score (nSPS) is 12.3. The number of hydrogen-bond donors (Lipinski definition) is 1. The molecule has 0 aromatic heterocycles. The number of carbonyl (C=O) groups is 1. The average molecular weight is 315 g/mol. The molecule has 2 N–H and O–H groups in total. The number of benzene rings is 1. The number of esters is 1. The summed E-state index contributed by atoms with van der Waals surface area (Å²) in [6.45, 7) is 1.47. The van der Waals surface area contributed by atoms with Gasteiger partial charge in [0.1, 0.15) is 0 Å². The van der Waals surface area contributed by atoms with E-state index in [9.17, 15) is 31.1 Å². The predicted octanol–water partition coefficient (Wildman–Crippen LogP) is 3.41. The summed E-state index contributed by atoms with van der Waals surface area (Å²) < 4.78 is 80.8. The Morgan fingerprint density at radius 1 is 1.14 bits per heavy atom. The molecule has 0 aliphatic rings. The van der Waals surface area contributed by atoms with Crippen LogP contribution in [0.25, 0.3) is 0 Å². The second-order valence-electron chi connectivity index (χ2n) is 4.04. The van der Waals surface area contributed by atoms with Crippen LogP contribution in [0, 0.1) is 0 Å². The maximum Gasteiger partial charge on any atom is 0.418 e. The summed E-state index contributed by atoms with van der Waals surface area (Å²) in [4.78, 5) is 11.2. The number of carbonyl (C=O) groups excluding carboxylic acids is 1. The standard InChI is InChI=1S/C12H11F6NO2/c1-2-21-8(20)5-6-3-4-7(11(13,14)15)9(10(6)19)12(16,17)18/h3-4H,2,5,19H2,1H3. The molecule has 0 saturated carbocycles. The molecular weight excluding hydrogens is 304 g/mol. The summed E-state index contributed by atoms with van der Waals surface area (Å²) in [6, 6.07) is 0.998. The van der Waals surface area contributed by atoms with Crippen LogP contribution in [0.1, 0.15) is 23.6 Å². The Hall–Kier alpha value is -1.93. The second kappa shape index (κ2) is 5.82. The number of rotatable bonds is 3. The Balaban J connectivity index is 3.38. The number of anilines is 1. The van der Waals surface area contributed by atoms with Crippen molar-refractivity contribution in [3.8, 4) is 0 Å². The van der Waals surface area contributed by atoms with E-state index < -0.39 is 41.6 Å².